The number of hydrogen-bond acceptors (Lipinski definition) is 3. The van der Waals surface area contributed by atoms with Crippen molar-refractivity contribution in [3.05, 3.63) is 81.6 Å². The summed E-state index contributed by atoms with van der Waals surface area (Å²) >= 11 is 0. The SMILES string of the molecule is CN1Cc2ccccc2C(NCc2cc3ccccc3[nH]c2=O)C1. The Hall–Kier alpha value is -2.43. The molecule has 0 radical (unpaired) electrons. The molecule has 1 aromatic heterocycles. The molecule has 1 unspecified atom stereocenters. The zero-order chi connectivity index (χ0) is 16.5. The lowest BCUT2D eigenvalue weighted by Crippen LogP contribution is -2.38. The second kappa shape index (κ2) is 6.23. The highest BCUT2D eigenvalue weighted by Crippen LogP contribution is 2.25. The maximum atomic E-state index is 12.3. The van der Waals surface area contributed by atoms with Crippen LogP contribution in [0.2, 0.25) is 0 Å². The minimum absolute atomic E-state index is 0.0151. The van der Waals surface area contributed by atoms with Gasteiger partial charge in [-0.1, -0.05) is 42.5 Å². The number of rotatable bonds is 3. The van der Waals surface area contributed by atoms with E-state index in [9.17, 15) is 4.79 Å². The fourth-order valence-corrected chi connectivity index (χ4v) is 3.52. The highest BCUT2D eigenvalue weighted by molar-refractivity contribution is 5.78. The first-order valence-electron chi connectivity index (χ1n) is 8.31. The van der Waals surface area contributed by atoms with Crippen molar-refractivity contribution < 1.29 is 0 Å². The first-order valence-corrected chi connectivity index (χ1v) is 8.31. The van der Waals surface area contributed by atoms with Crippen LogP contribution in [0.5, 0.6) is 0 Å². The summed E-state index contributed by atoms with van der Waals surface area (Å²) in [7, 11) is 2.13. The van der Waals surface area contributed by atoms with Gasteiger partial charge in [-0.05, 0) is 35.7 Å². The molecule has 0 bridgehead atoms. The molecule has 1 atom stereocenters. The number of benzene rings is 2. The molecule has 4 nitrogen and oxygen atoms in total. The number of nitrogens with one attached hydrogen (secondary N) is 2. The zero-order valence-electron chi connectivity index (χ0n) is 13.8. The highest BCUT2D eigenvalue weighted by atomic mass is 16.1. The van der Waals surface area contributed by atoms with Gasteiger partial charge in [0.1, 0.15) is 0 Å². The molecule has 2 N–H and O–H groups in total. The zero-order valence-corrected chi connectivity index (χ0v) is 13.8. The van der Waals surface area contributed by atoms with Crippen molar-refractivity contribution in [1.82, 2.24) is 15.2 Å². The average Bonchev–Trinajstić information content (AvgIpc) is 2.59. The Bertz CT molecular complexity index is 931. The van der Waals surface area contributed by atoms with Crippen LogP contribution in [0.15, 0.2) is 59.4 Å². The number of para-hydroxylation sites is 1. The van der Waals surface area contributed by atoms with E-state index in [2.05, 4.69) is 46.5 Å². The van der Waals surface area contributed by atoms with Crippen molar-refractivity contribution in [1.29, 1.82) is 0 Å². The Kier molecular flexibility index (Phi) is 3.92. The van der Waals surface area contributed by atoms with Crippen molar-refractivity contribution in [3.63, 3.8) is 0 Å². The second-order valence-electron chi connectivity index (χ2n) is 6.54. The molecule has 0 fully saturated rings. The fraction of sp³-hybridized carbons (Fsp3) is 0.250. The third-order valence-corrected chi connectivity index (χ3v) is 4.73. The third-order valence-electron chi connectivity index (χ3n) is 4.73. The quantitative estimate of drug-likeness (QED) is 0.780. The van der Waals surface area contributed by atoms with Crippen LogP contribution in [-0.4, -0.2) is 23.5 Å². The maximum Gasteiger partial charge on any atom is 0.252 e. The Balaban J connectivity index is 1.59. The molecule has 0 saturated heterocycles. The molecule has 0 spiro atoms. The van der Waals surface area contributed by atoms with Crippen molar-refractivity contribution >= 4 is 10.9 Å². The largest absolute Gasteiger partial charge is 0.322 e. The van der Waals surface area contributed by atoms with Gasteiger partial charge < -0.3 is 15.2 Å². The lowest BCUT2D eigenvalue weighted by atomic mass is 9.95. The number of H-pyrrole nitrogens is 1. The molecule has 1 aliphatic heterocycles. The number of aromatic amines is 1. The number of fused-ring (bicyclic) bond motifs is 2. The number of nitrogens with zero attached hydrogens (tertiary/aromatic N) is 1. The van der Waals surface area contributed by atoms with Crippen molar-refractivity contribution in [3.8, 4) is 0 Å². The van der Waals surface area contributed by atoms with Crippen LogP contribution in [0, 0.1) is 0 Å². The number of hydrogen-bond donors (Lipinski definition) is 2. The van der Waals surface area contributed by atoms with Crippen LogP contribution >= 0.6 is 0 Å². The Morgan fingerprint density at radius 2 is 1.96 bits per heavy atom. The summed E-state index contributed by atoms with van der Waals surface area (Å²) in [6, 6.07) is 18.6. The van der Waals surface area contributed by atoms with Gasteiger partial charge in [-0.25, -0.2) is 0 Å². The second-order valence-corrected chi connectivity index (χ2v) is 6.54. The van der Waals surface area contributed by atoms with Crippen LogP contribution in [0.25, 0.3) is 10.9 Å². The van der Waals surface area contributed by atoms with Gasteiger partial charge in [0.2, 0.25) is 0 Å². The van der Waals surface area contributed by atoms with Gasteiger partial charge in [-0.2, -0.15) is 0 Å². The topological polar surface area (TPSA) is 48.1 Å². The normalized spacial score (nSPS) is 17.8. The molecule has 0 saturated carbocycles. The Morgan fingerprint density at radius 1 is 1.17 bits per heavy atom. The molecule has 2 heterocycles. The standard InChI is InChI=1S/C20H21N3O/c1-23-12-15-7-2-4-8-17(15)19(13-23)21-11-16-10-14-6-3-5-9-18(14)22-20(16)24/h2-10,19,21H,11-13H2,1H3,(H,22,24). The van der Waals surface area contributed by atoms with E-state index in [1.807, 2.05) is 30.3 Å². The molecule has 4 heteroatoms. The molecule has 122 valence electrons. The van der Waals surface area contributed by atoms with Gasteiger partial charge >= 0.3 is 0 Å². The van der Waals surface area contributed by atoms with E-state index in [0.717, 1.165) is 29.6 Å². The van der Waals surface area contributed by atoms with E-state index in [1.54, 1.807) is 0 Å². The monoisotopic (exact) mass is 319 g/mol. The van der Waals surface area contributed by atoms with Gasteiger partial charge in [-0.3, -0.25) is 4.79 Å². The Labute approximate surface area is 141 Å². The summed E-state index contributed by atoms with van der Waals surface area (Å²) in [5.74, 6) is 0. The van der Waals surface area contributed by atoms with E-state index < -0.39 is 0 Å². The summed E-state index contributed by atoms with van der Waals surface area (Å²) in [4.78, 5) is 17.6. The predicted molar refractivity (Wildman–Crippen MR) is 96.9 cm³/mol. The van der Waals surface area contributed by atoms with E-state index in [-0.39, 0.29) is 11.6 Å². The van der Waals surface area contributed by atoms with E-state index in [4.69, 9.17) is 0 Å². The van der Waals surface area contributed by atoms with Gasteiger partial charge in [0.15, 0.2) is 0 Å². The lowest BCUT2D eigenvalue weighted by Gasteiger charge is -2.32. The van der Waals surface area contributed by atoms with Crippen molar-refractivity contribution in [2.24, 2.45) is 0 Å². The van der Waals surface area contributed by atoms with Crippen LogP contribution in [0.1, 0.15) is 22.7 Å². The molecule has 2 aromatic carbocycles. The Morgan fingerprint density at radius 3 is 2.88 bits per heavy atom. The average molecular weight is 319 g/mol. The van der Waals surface area contributed by atoms with Gasteiger partial charge in [0, 0.05) is 36.8 Å². The predicted octanol–water partition coefficient (Wildman–Crippen LogP) is 2.80. The molecule has 0 amide bonds. The molecule has 1 aliphatic rings. The molecular weight excluding hydrogens is 298 g/mol. The first-order chi connectivity index (χ1) is 11.7. The first kappa shape index (κ1) is 15.1. The summed E-state index contributed by atoms with van der Waals surface area (Å²) in [5.41, 5.74) is 4.34. The summed E-state index contributed by atoms with van der Waals surface area (Å²) in [6.07, 6.45) is 0. The number of pyridine rings is 1. The van der Waals surface area contributed by atoms with E-state index in [0.29, 0.717) is 6.54 Å². The molecule has 0 aliphatic carbocycles. The van der Waals surface area contributed by atoms with Crippen LogP contribution < -0.4 is 10.9 Å². The lowest BCUT2D eigenvalue weighted by molar-refractivity contribution is 0.259. The third kappa shape index (κ3) is 2.86. The molecule has 4 rings (SSSR count). The molecule has 24 heavy (non-hydrogen) atoms. The van der Waals surface area contributed by atoms with Crippen LogP contribution in [-0.2, 0) is 13.1 Å². The molecular formula is C20H21N3O. The summed E-state index contributed by atoms with van der Waals surface area (Å²) < 4.78 is 0. The number of aromatic nitrogens is 1. The van der Waals surface area contributed by atoms with Crippen LogP contribution in [0.3, 0.4) is 0 Å². The van der Waals surface area contributed by atoms with Gasteiger partial charge in [0.05, 0.1) is 0 Å². The minimum Gasteiger partial charge on any atom is -0.322 e. The smallest absolute Gasteiger partial charge is 0.252 e. The van der Waals surface area contributed by atoms with Gasteiger partial charge in [-0.15, -0.1) is 0 Å². The van der Waals surface area contributed by atoms with Crippen molar-refractivity contribution in [2.45, 2.75) is 19.1 Å². The summed E-state index contributed by atoms with van der Waals surface area (Å²) in [5, 5.41) is 4.63. The highest BCUT2D eigenvalue weighted by Gasteiger charge is 2.22. The van der Waals surface area contributed by atoms with E-state index >= 15 is 0 Å². The molecule has 3 aromatic rings. The fourth-order valence-electron chi connectivity index (χ4n) is 3.52. The number of likely N-dealkylation sites (N-methyl/N-ethyl adjacent to an activating group) is 1. The summed E-state index contributed by atoms with van der Waals surface area (Å²) in [6.45, 7) is 2.49. The minimum atomic E-state index is -0.0151. The van der Waals surface area contributed by atoms with Gasteiger partial charge in [0.25, 0.3) is 5.56 Å². The van der Waals surface area contributed by atoms with Crippen LogP contribution in [0.4, 0.5) is 0 Å². The maximum absolute atomic E-state index is 12.3. The van der Waals surface area contributed by atoms with Crippen molar-refractivity contribution in [2.75, 3.05) is 13.6 Å². The van der Waals surface area contributed by atoms with E-state index in [1.165, 1.54) is 11.1 Å².